The van der Waals surface area contributed by atoms with E-state index in [9.17, 15) is 8.42 Å². The largest absolute Gasteiger partial charge is 0.316 e. The Balaban J connectivity index is 4.82. The topological polar surface area (TPSA) is 49.4 Å². The molecule has 0 fully saturated rings. The average molecular weight is 264 g/mol. The molecular formula is C12H28N2O2S. The molecule has 0 saturated carbocycles. The molecule has 0 aliphatic carbocycles. The van der Waals surface area contributed by atoms with E-state index in [1.54, 1.807) is 11.2 Å². The second-order valence-corrected chi connectivity index (χ2v) is 7.52. The first kappa shape index (κ1) is 16.9. The van der Waals surface area contributed by atoms with Crippen LogP contribution >= 0.6 is 0 Å². The summed E-state index contributed by atoms with van der Waals surface area (Å²) in [5, 5.41) is 2.72. The van der Waals surface area contributed by atoms with E-state index in [4.69, 9.17) is 0 Å². The van der Waals surface area contributed by atoms with Crippen molar-refractivity contribution in [2.24, 2.45) is 5.92 Å². The van der Waals surface area contributed by atoms with Crippen LogP contribution < -0.4 is 5.32 Å². The molecule has 0 aromatic heterocycles. The highest BCUT2D eigenvalue weighted by Crippen LogP contribution is 2.15. The van der Waals surface area contributed by atoms with Crippen LogP contribution in [0.2, 0.25) is 0 Å². The van der Waals surface area contributed by atoms with E-state index in [0.29, 0.717) is 19.0 Å². The fraction of sp³-hybridized carbons (Fsp3) is 1.00. The molecular weight excluding hydrogens is 236 g/mol. The van der Waals surface area contributed by atoms with Crippen LogP contribution in [-0.4, -0.2) is 43.6 Å². The molecule has 0 amide bonds. The Bertz CT molecular complexity index is 300. The third-order valence-electron chi connectivity index (χ3n) is 2.64. The standard InChI is InChI=1S/C12H28N2O2S/c1-7-13-8-12(6)17(15,16)14(11(4)5)9-10(2)3/h10-13H,7-9H2,1-6H3. The van der Waals surface area contributed by atoms with Crippen LogP contribution in [0.1, 0.15) is 41.5 Å². The van der Waals surface area contributed by atoms with Gasteiger partial charge in [0.2, 0.25) is 10.0 Å². The summed E-state index contributed by atoms with van der Waals surface area (Å²) < 4.78 is 26.4. The third-order valence-corrected chi connectivity index (χ3v) is 5.05. The zero-order valence-corrected chi connectivity index (χ0v) is 12.8. The van der Waals surface area contributed by atoms with Crippen LogP contribution in [-0.2, 0) is 10.0 Å². The summed E-state index contributed by atoms with van der Waals surface area (Å²) in [5.41, 5.74) is 0. The summed E-state index contributed by atoms with van der Waals surface area (Å²) in [5.74, 6) is 0.346. The average Bonchev–Trinajstić information content (AvgIpc) is 2.21. The fourth-order valence-corrected chi connectivity index (χ4v) is 3.54. The molecule has 0 spiro atoms. The van der Waals surface area contributed by atoms with Gasteiger partial charge in [0.15, 0.2) is 0 Å². The number of hydrogen-bond acceptors (Lipinski definition) is 3. The SMILES string of the molecule is CCNCC(C)S(=O)(=O)N(CC(C)C)C(C)C. The lowest BCUT2D eigenvalue weighted by atomic mass is 10.2. The van der Waals surface area contributed by atoms with Crippen molar-refractivity contribution in [2.45, 2.75) is 52.8 Å². The van der Waals surface area contributed by atoms with Crippen molar-refractivity contribution in [1.82, 2.24) is 9.62 Å². The smallest absolute Gasteiger partial charge is 0.218 e. The quantitative estimate of drug-likeness (QED) is 0.725. The number of nitrogens with one attached hydrogen (secondary N) is 1. The first-order valence-electron chi connectivity index (χ1n) is 6.44. The summed E-state index contributed by atoms with van der Waals surface area (Å²) >= 11 is 0. The van der Waals surface area contributed by atoms with Gasteiger partial charge < -0.3 is 5.32 Å². The minimum atomic E-state index is -3.20. The van der Waals surface area contributed by atoms with Crippen molar-refractivity contribution in [2.75, 3.05) is 19.6 Å². The summed E-state index contributed by atoms with van der Waals surface area (Å²) in [6.45, 7) is 13.6. The molecule has 0 aromatic rings. The van der Waals surface area contributed by atoms with Gasteiger partial charge in [0.1, 0.15) is 0 Å². The van der Waals surface area contributed by atoms with Gasteiger partial charge in [0.05, 0.1) is 5.25 Å². The van der Waals surface area contributed by atoms with E-state index in [2.05, 4.69) is 5.32 Å². The zero-order chi connectivity index (χ0) is 13.6. The molecule has 0 bridgehead atoms. The molecule has 0 saturated heterocycles. The Hall–Kier alpha value is -0.130. The minimum absolute atomic E-state index is 0.0199. The number of sulfonamides is 1. The highest BCUT2D eigenvalue weighted by molar-refractivity contribution is 7.89. The molecule has 0 rings (SSSR count). The second-order valence-electron chi connectivity index (χ2n) is 5.22. The van der Waals surface area contributed by atoms with Crippen LogP contribution in [0, 0.1) is 5.92 Å². The Morgan fingerprint density at radius 1 is 1.12 bits per heavy atom. The predicted octanol–water partition coefficient (Wildman–Crippen LogP) is 1.68. The van der Waals surface area contributed by atoms with Gasteiger partial charge in [0.25, 0.3) is 0 Å². The van der Waals surface area contributed by atoms with Gasteiger partial charge in [-0.25, -0.2) is 8.42 Å². The Morgan fingerprint density at radius 3 is 2.00 bits per heavy atom. The van der Waals surface area contributed by atoms with Gasteiger partial charge >= 0.3 is 0 Å². The number of hydrogen-bond donors (Lipinski definition) is 1. The van der Waals surface area contributed by atoms with Gasteiger partial charge in [-0.2, -0.15) is 4.31 Å². The molecule has 17 heavy (non-hydrogen) atoms. The van der Waals surface area contributed by atoms with Gasteiger partial charge in [-0.1, -0.05) is 20.8 Å². The summed E-state index contributed by atoms with van der Waals surface area (Å²) in [6.07, 6.45) is 0. The molecule has 0 aliphatic rings. The van der Waals surface area contributed by atoms with Crippen molar-refractivity contribution in [3.63, 3.8) is 0 Å². The van der Waals surface area contributed by atoms with Gasteiger partial charge in [0, 0.05) is 19.1 Å². The maximum Gasteiger partial charge on any atom is 0.218 e. The predicted molar refractivity (Wildman–Crippen MR) is 73.6 cm³/mol. The van der Waals surface area contributed by atoms with E-state index in [1.807, 2.05) is 34.6 Å². The molecule has 5 heteroatoms. The van der Waals surface area contributed by atoms with Crippen molar-refractivity contribution >= 4 is 10.0 Å². The molecule has 0 radical (unpaired) electrons. The Labute approximate surface area is 107 Å². The van der Waals surface area contributed by atoms with Crippen molar-refractivity contribution in [3.8, 4) is 0 Å². The monoisotopic (exact) mass is 264 g/mol. The molecule has 104 valence electrons. The van der Waals surface area contributed by atoms with E-state index in [-0.39, 0.29) is 11.3 Å². The first-order valence-corrected chi connectivity index (χ1v) is 7.95. The second kappa shape index (κ2) is 7.34. The Morgan fingerprint density at radius 2 is 1.65 bits per heavy atom. The molecule has 0 aromatic carbocycles. The normalized spacial score (nSPS) is 14.9. The van der Waals surface area contributed by atoms with Gasteiger partial charge in [-0.3, -0.25) is 0 Å². The molecule has 1 N–H and O–H groups in total. The lowest BCUT2D eigenvalue weighted by molar-refractivity contribution is 0.315. The summed E-state index contributed by atoms with van der Waals surface area (Å²) in [6, 6.07) is 0.0199. The fourth-order valence-electron chi connectivity index (χ4n) is 1.65. The third kappa shape index (κ3) is 5.36. The van der Waals surface area contributed by atoms with Crippen LogP contribution in [0.3, 0.4) is 0 Å². The van der Waals surface area contributed by atoms with Crippen LogP contribution in [0.5, 0.6) is 0 Å². The summed E-state index contributed by atoms with van der Waals surface area (Å²) in [7, 11) is -3.20. The Kier molecular flexibility index (Phi) is 7.28. The van der Waals surface area contributed by atoms with E-state index < -0.39 is 10.0 Å². The maximum absolute atomic E-state index is 12.4. The zero-order valence-electron chi connectivity index (χ0n) is 12.0. The maximum atomic E-state index is 12.4. The van der Waals surface area contributed by atoms with Crippen molar-refractivity contribution in [3.05, 3.63) is 0 Å². The van der Waals surface area contributed by atoms with E-state index in [1.165, 1.54) is 0 Å². The molecule has 0 aliphatic heterocycles. The highest BCUT2D eigenvalue weighted by Gasteiger charge is 2.30. The number of nitrogens with zero attached hydrogens (tertiary/aromatic N) is 1. The first-order chi connectivity index (χ1) is 7.73. The van der Waals surface area contributed by atoms with Crippen molar-refractivity contribution < 1.29 is 8.42 Å². The van der Waals surface area contributed by atoms with Crippen LogP contribution in [0.25, 0.3) is 0 Å². The number of rotatable bonds is 8. The van der Waals surface area contributed by atoms with Crippen LogP contribution in [0.15, 0.2) is 0 Å². The molecule has 1 atom stereocenters. The van der Waals surface area contributed by atoms with E-state index in [0.717, 1.165) is 6.54 Å². The highest BCUT2D eigenvalue weighted by atomic mass is 32.2. The van der Waals surface area contributed by atoms with E-state index >= 15 is 0 Å². The lowest BCUT2D eigenvalue weighted by Gasteiger charge is -2.30. The van der Waals surface area contributed by atoms with Crippen molar-refractivity contribution in [1.29, 1.82) is 0 Å². The minimum Gasteiger partial charge on any atom is -0.316 e. The van der Waals surface area contributed by atoms with Gasteiger partial charge in [-0.15, -0.1) is 0 Å². The van der Waals surface area contributed by atoms with Gasteiger partial charge in [-0.05, 0) is 33.2 Å². The molecule has 0 heterocycles. The summed E-state index contributed by atoms with van der Waals surface area (Å²) in [4.78, 5) is 0. The molecule has 4 nitrogen and oxygen atoms in total. The lowest BCUT2D eigenvalue weighted by Crippen LogP contribution is -2.46. The molecule has 1 unspecified atom stereocenters. The van der Waals surface area contributed by atoms with Crippen LogP contribution in [0.4, 0.5) is 0 Å².